The number of rotatable bonds is 6. The minimum absolute atomic E-state index is 0.251. The molecule has 4 aromatic rings. The average molecular weight is 436 g/mol. The molecule has 2 aromatic carbocycles. The number of amides is 1. The summed E-state index contributed by atoms with van der Waals surface area (Å²) in [6.45, 7) is 1.76. The van der Waals surface area contributed by atoms with E-state index in [1.807, 2.05) is 36.4 Å². The van der Waals surface area contributed by atoms with Gasteiger partial charge in [0.1, 0.15) is 22.2 Å². The van der Waals surface area contributed by atoms with Crippen LogP contribution < -0.4 is 20.3 Å². The molecule has 0 atom stereocenters. The van der Waals surface area contributed by atoms with E-state index in [1.54, 1.807) is 33.3 Å². The van der Waals surface area contributed by atoms with Crippen LogP contribution >= 0.6 is 11.3 Å². The van der Waals surface area contributed by atoms with Gasteiger partial charge >= 0.3 is 0 Å². The monoisotopic (exact) mass is 435 g/mol. The van der Waals surface area contributed by atoms with Crippen LogP contribution in [0.15, 0.2) is 53.3 Å². The summed E-state index contributed by atoms with van der Waals surface area (Å²) in [4.78, 5) is 34.1. The molecule has 0 unspecified atom stereocenters. The van der Waals surface area contributed by atoms with Gasteiger partial charge in [0.2, 0.25) is 0 Å². The molecular weight excluding hydrogens is 414 g/mol. The van der Waals surface area contributed by atoms with E-state index >= 15 is 0 Å². The van der Waals surface area contributed by atoms with Gasteiger partial charge in [0, 0.05) is 6.42 Å². The molecule has 31 heavy (non-hydrogen) atoms. The molecule has 4 rings (SSSR count). The van der Waals surface area contributed by atoms with E-state index in [-0.39, 0.29) is 11.5 Å². The number of nitrogens with zero attached hydrogens (tertiary/aromatic N) is 1. The highest BCUT2D eigenvalue weighted by molar-refractivity contribution is 7.20. The Morgan fingerprint density at radius 1 is 1.10 bits per heavy atom. The van der Waals surface area contributed by atoms with Crippen molar-refractivity contribution < 1.29 is 14.3 Å². The molecule has 158 valence electrons. The number of nitrogens with one attached hydrogen (secondary N) is 2. The largest absolute Gasteiger partial charge is 0.497 e. The van der Waals surface area contributed by atoms with Crippen LogP contribution in [0.4, 0.5) is 5.69 Å². The minimum Gasteiger partial charge on any atom is -0.497 e. The third-order valence-corrected chi connectivity index (χ3v) is 6.13. The van der Waals surface area contributed by atoms with Crippen molar-refractivity contribution in [1.29, 1.82) is 0 Å². The molecule has 2 N–H and O–H groups in total. The number of benzene rings is 2. The molecular formula is C23H21N3O4S. The van der Waals surface area contributed by atoms with Gasteiger partial charge < -0.3 is 19.8 Å². The fourth-order valence-corrected chi connectivity index (χ4v) is 4.45. The van der Waals surface area contributed by atoms with Crippen molar-refractivity contribution in [3.63, 3.8) is 0 Å². The topological polar surface area (TPSA) is 93.3 Å². The Kier molecular flexibility index (Phi) is 5.73. The summed E-state index contributed by atoms with van der Waals surface area (Å²) >= 11 is 1.21. The Morgan fingerprint density at radius 2 is 1.84 bits per heavy atom. The Balaban J connectivity index is 1.65. The third-order valence-electron chi connectivity index (χ3n) is 4.94. The van der Waals surface area contributed by atoms with Crippen molar-refractivity contribution in [3.8, 4) is 11.5 Å². The second kappa shape index (κ2) is 8.61. The van der Waals surface area contributed by atoms with Crippen LogP contribution in [-0.2, 0) is 6.42 Å². The van der Waals surface area contributed by atoms with Crippen LogP contribution in [0, 0.1) is 6.92 Å². The van der Waals surface area contributed by atoms with Crippen LogP contribution in [-0.4, -0.2) is 30.1 Å². The highest BCUT2D eigenvalue weighted by Gasteiger charge is 2.20. The van der Waals surface area contributed by atoms with Crippen molar-refractivity contribution in [3.05, 3.63) is 80.7 Å². The normalized spacial score (nSPS) is 10.8. The SMILES string of the molecule is COc1ccc(Cc2nc3sc(C(=O)Nc4ccccc4OC)c(C)c3c(=O)[nH]2)cc1. The lowest BCUT2D eigenvalue weighted by Crippen LogP contribution is -2.14. The molecule has 0 spiro atoms. The molecule has 0 saturated heterocycles. The van der Waals surface area contributed by atoms with Crippen molar-refractivity contribution in [2.45, 2.75) is 13.3 Å². The van der Waals surface area contributed by atoms with Gasteiger partial charge in [-0.3, -0.25) is 9.59 Å². The Hall–Kier alpha value is -3.65. The second-order valence-corrected chi connectivity index (χ2v) is 7.93. The Labute approximate surface area is 182 Å². The van der Waals surface area contributed by atoms with Gasteiger partial charge in [-0.15, -0.1) is 11.3 Å². The van der Waals surface area contributed by atoms with Crippen LogP contribution in [0.25, 0.3) is 10.2 Å². The number of thiophene rings is 1. The molecule has 7 nitrogen and oxygen atoms in total. The van der Waals surface area contributed by atoms with E-state index in [1.165, 1.54) is 11.3 Å². The molecule has 0 saturated carbocycles. The predicted octanol–water partition coefficient (Wildman–Crippen LogP) is 4.15. The lowest BCUT2D eigenvalue weighted by molar-refractivity contribution is 0.102. The average Bonchev–Trinajstić information content (AvgIpc) is 3.11. The molecule has 0 fully saturated rings. The number of anilines is 1. The molecule has 2 aromatic heterocycles. The molecule has 0 radical (unpaired) electrons. The van der Waals surface area contributed by atoms with Crippen molar-refractivity contribution in [2.24, 2.45) is 0 Å². The summed E-state index contributed by atoms with van der Waals surface area (Å²) in [6, 6.07) is 14.7. The number of methoxy groups -OCH3 is 2. The van der Waals surface area contributed by atoms with E-state index < -0.39 is 0 Å². The van der Waals surface area contributed by atoms with Crippen molar-refractivity contribution in [1.82, 2.24) is 9.97 Å². The lowest BCUT2D eigenvalue weighted by Gasteiger charge is -2.09. The fraction of sp³-hybridized carbons (Fsp3) is 0.174. The van der Waals surface area contributed by atoms with E-state index in [2.05, 4.69) is 15.3 Å². The number of aryl methyl sites for hydroxylation is 1. The van der Waals surface area contributed by atoms with Gasteiger partial charge in [-0.05, 0) is 42.3 Å². The summed E-state index contributed by atoms with van der Waals surface area (Å²) in [5.74, 6) is 1.56. The molecule has 0 bridgehead atoms. The zero-order valence-corrected chi connectivity index (χ0v) is 18.1. The maximum Gasteiger partial charge on any atom is 0.266 e. The van der Waals surface area contributed by atoms with E-state index in [0.29, 0.717) is 44.3 Å². The quantitative estimate of drug-likeness (QED) is 0.475. The predicted molar refractivity (Wildman–Crippen MR) is 122 cm³/mol. The van der Waals surface area contributed by atoms with Gasteiger partial charge in [-0.1, -0.05) is 24.3 Å². The molecule has 8 heteroatoms. The van der Waals surface area contributed by atoms with Gasteiger partial charge in [0.25, 0.3) is 11.5 Å². The number of para-hydroxylation sites is 2. The number of fused-ring (bicyclic) bond motifs is 1. The number of carbonyl (C=O) groups is 1. The van der Waals surface area contributed by atoms with E-state index in [4.69, 9.17) is 9.47 Å². The molecule has 0 aliphatic rings. The maximum atomic E-state index is 12.9. The molecule has 0 aliphatic carbocycles. The van der Waals surface area contributed by atoms with Crippen LogP contribution in [0.1, 0.15) is 26.6 Å². The molecule has 1 amide bonds. The zero-order valence-electron chi connectivity index (χ0n) is 17.3. The van der Waals surface area contributed by atoms with Crippen LogP contribution in [0.5, 0.6) is 11.5 Å². The summed E-state index contributed by atoms with van der Waals surface area (Å²) < 4.78 is 10.5. The first-order valence-corrected chi connectivity index (χ1v) is 10.4. The third kappa shape index (κ3) is 4.15. The second-order valence-electron chi connectivity index (χ2n) is 6.93. The van der Waals surface area contributed by atoms with Gasteiger partial charge in [0.05, 0.1) is 30.2 Å². The summed E-state index contributed by atoms with van der Waals surface area (Å²) in [6.07, 6.45) is 0.467. The fourth-order valence-electron chi connectivity index (χ4n) is 3.35. The Bertz CT molecular complexity index is 1310. The number of hydrogen-bond donors (Lipinski definition) is 2. The summed E-state index contributed by atoms with van der Waals surface area (Å²) in [5, 5.41) is 3.30. The summed E-state index contributed by atoms with van der Waals surface area (Å²) in [7, 11) is 3.16. The van der Waals surface area contributed by atoms with Crippen molar-refractivity contribution >= 4 is 33.1 Å². The minimum atomic E-state index is -0.305. The lowest BCUT2D eigenvalue weighted by atomic mass is 10.1. The van der Waals surface area contributed by atoms with Crippen molar-refractivity contribution in [2.75, 3.05) is 19.5 Å². The Morgan fingerprint density at radius 3 is 2.55 bits per heavy atom. The first-order chi connectivity index (χ1) is 15.0. The first-order valence-electron chi connectivity index (χ1n) is 9.59. The number of carbonyl (C=O) groups excluding carboxylic acids is 1. The number of aromatic nitrogens is 2. The van der Waals surface area contributed by atoms with Gasteiger partial charge in [0.15, 0.2) is 0 Å². The number of ether oxygens (including phenoxy) is 2. The highest BCUT2D eigenvalue weighted by atomic mass is 32.1. The smallest absolute Gasteiger partial charge is 0.266 e. The number of hydrogen-bond acceptors (Lipinski definition) is 6. The zero-order chi connectivity index (χ0) is 22.0. The highest BCUT2D eigenvalue weighted by Crippen LogP contribution is 2.30. The van der Waals surface area contributed by atoms with E-state index in [0.717, 1.165) is 11.3 Å². The van der Waals surface area contributed by atoms with E-state index in [9.17, 15) is 9.59 Å². The molecule has 0 aliphatic heterocycles. The van der Waals surface area contributed by atoms with Crippen LogP contribution in [0.3, 0.4) is 0 Å². The summed E-state index contributed by atoms with van der Waals surface area (Å²) in [5.41, 5.74) is 1.91. The van der Waals surface area contributed by atoms with Gasteiger partial charge in [-0.2, -0.15) is 0 Å². The maximum absolute atomic E-state index is 12.9. The van der Waals surface area contributed by atoms with Crippen LogP contribution in [0.2, 0.25) is 0 Å². The number of aromatic amines is 1. The molecule has 2 heterocycles. The standard InChI is InChI=1S/C23H21N3O4S/c1-13-19-21(27)25-18(12-14-8-10-15(29-2)11-9-14)26-23(19)31-20(13)22(28)24-16-6-4-5-7-17(16)30-3/h4-11H,12H2,1-3H3,(H,24,28)(H,25,26,27). The number of H-pyrrole nitrogens is 1. The van der Waals surface area contributed by atoms with Gasteiger partial charge in [-0.25, -0.2) is 4.98 Å². The first kappa shape index (κ1) is 20.6.